The predicted octanol–water partition coefficient (Wildman–Crippen LogP) is 3.22. The van der Waals surface area contributed by atoms with Crippen molar-refractivity contribution in [3.63, 3.8) is 0 Å². The van der Waals surface area contributed by atoms with Crippen LogP contribution in [0.25, 0.3) is 0 Å². The number of rotatable bonds is 4. The molecule has 5 nitrogen and oxygen atoms in total. The highest BCUT2D eigenvalue weighted by molar-refractivity contribution is 6.09. The number of nitrogens with zero attached hydrogens (tertiary/aromatic N) is 1. The zero-order valence-corrected chi connectivity index (χ0v) is 13.0. The summed E-state index contributed by atoms with van der Waals surface area (Å²) in [5.74, 6) is 0. The highest BCUT2D eigenvalue weighted by Crippen LogP contribution is 2.40. The molecule has 1 atom stereocenters. The van der Waals surface area contributed by atoms with Gasteiger partial charge in [0.2, 0.25) is 0 Å². The molecule has 1 aromatic rings. The van der Waals surface area contributed by atoms with Crippen LogP contribution in [0.1, 0.15) is 24.4 Å². The molecular formula is C18H19N3O2. The second kappa shape index (κ2) is 6.12. The van der Waals surface area contributed by atoms with Gasteiger partial charge in [-0.3, -0.25) is 4.99 Å². The van der Waals surface area contributed by atoms with Crippen LogP contribution in [0.5, 0.6) is 0 Å². The normalized spacial score (nSPS) is 22.4. The third kappa shape index (κ3) is 2.63. The zero-order valence-electron chi connectivity index (χ0n) is 13.0. The number of aliphatic imine (C=N–C) groups is 1. The van der Waals surface area contributed by atoms with Gasteiger partial charge in [-0.25, -0.2) is 10.4 Å². The first-order valence-electron chi connectivity index (χ1n) is 7.84. The van der Waals surface area contributed by atoms with Gasteiger partial charge in [-0.1, -0.05) is 30.4 Å². The van der Waals surface area contributed by atoms with Crippen molar-refractivity contribution in [1.82, 2.24) is 5.32 Å². The van der Waals surface area contributed by atoms with Crippen molar-refractivity contribution in [2.24, 2.45) is 4.99 Å². The molecule has 0 spiro atoms. The average Bonchev–Trinajstić information content (AvgIpc) is 2.99. The SMILES string of the molecule is COONc1ccc(C2NCCC3=C2N=C2CC=CC=C23)cc1. The molecule has 1 unspecified atom stereocenters. The third-order valence-electron chi connectivity index (χ3n) is 4.39. The highest BCUT2D eigenvalue weighted by atomic mass is 17.3. The lowest BCUT2D eigenvalue weighted by molar-refractivity contribution is -0.248. The fourth-order valence-electron chi connectivity index (χ4n) is 3.33. The van der Waals surface area contributed by atoms with E-state index in [-0.39, 0.29) is 6.04 Å². The summed E-state index contributed by atoms with van der Waals surface area (Å²) in [6, 6.07) is 8.27. The Hall–Kier alpha value is -2.21. The molecule has 118 valence electrons. The lowest BCUT2D eigenvalue weighted by Gasteiger charge is -2.25. The average molecular weight is 309 g/mol. The van der Waals surface area contributed by atoms with Gasteiger partial charge in [0, 0.05) is 18.5 Å². The fraction of sp³-hybridized carbons (Fsp3) is 0.278. The van der Waals surface area contributed by atoms with Crippen LogP contribution in [0.2, 0.25) is 0 Å². The van der Waals surface area contributed by atoms with Crippen molar-refractivity contribution < 1.29 is 9.88 Å². The summed E-state index contributed by atoms with van der Waals surface area (Å²) < 4.78 is 0. The minimum atomic E-state index is 0.148. The first kappa shape index (κ1) is 14.4. The molecule has 2 heterocycles. The van der Waals surface area contributed by atoms with Gasteiger partial charge in [0.15, 0.2) is 0 Å². The number of anilines is 1. The molecule has 1 aliphatic carbocycles. The van der Waals surface area contributed by atoms with E-state index in [1.807, 2.05) is 12.1 Å². The van der Waals surface area contributed by atoms with Crippen LogP contribution in [-0.2, 0) is 9.88 Å². The van der Waals surface area contributed by atoms with Crippen LogP contribution < -0.4 is 10.8 Å². The van der Waals surface area contributed by atoms with E-state index in [2.05, 4.69) is 46.0 Å². The van der Waals surface area contributed by atoms with Gasteiger partial charge in [-0.2, -0.15) is 0 Å². The van der Waals surface area contributed by atoms with Gasteiger partial charge in [0.05, 0.1) is 30.2 Å². The van der Waals surface area contributed by atoms with Gasteiger partial charge >= 0.3 is 0 Å². The summed E-state index contributed by atoms with van der Waals surface area (Å²) in [6.45, 7) is 0.972. The van der Waals surface area contributed by atoms with E-state index >= 15 is 0 Å². The molecule has 1 aromatic carbocycles. The Morgan fingerprint density at radius 2 is 2.13 bits per heavy atom. The van der Waals surface area contributed by atoms with E-state index in [1.165, 1.54) is 35.2 Å². The molecule has 4 rings (SSSR count). The Bertz CT molecular complexity index is 729. The van der Waals surface area contributed by atoms with Crippen molar-refractivity contribution in [2.45, 2.75) is 18.9 Å². The van der Waals surface area contributed by atoms with Crippen molar-refractivity contribution in [3.05, 3.63) is 64.9 Å². The fourth-order valence-corrected chi connectivity index (χ4v) is 3.33. The van der Waals surface area contributed by atoms with Gasteiger partial charge < -0.3 is 5.32 Å². The summed E-state index contributed by atoms with van der Waals surface area (Å²) in [5, 5.41) is 3.59. The van der Waals surface area contributed by atoms with Gasteiger partial charge in [0.1, 0.15) is 0 Å². The molecule has 0 fully saturated rings. The monoisotopic (exact) mass is 309 g/mol. The topological polar surface area (TPSA) is 54.9 Å². The largest absolute Gasteiger partial charge is 0.305 e. The summed E-state index contributed by atoms with van der Waals surface area (Å²) >= 11 is 0. The quantitative estimate of drug-likeness (QED) is 0.662. The lowest BCUT2D eigenvalue weighted by Crippen LogP contribution is -2.28. The molecule has 2 N–H and O–H groups in total. The molecule has 0 radical (unpaired) electrons. The van der Waals surface area contributed by atoms with Crippen molar-refractivity contribution >= 4 is 11.4 Å². The van der Waals surface area contributed by atoms with E-state index in [1.54, 1.807) is 0 Å². The molecule has 0 saturated heterocycles. The second-order valence-corrected chi connectivity index (χ2v) is 5.75. The maximum atomic E-state index is 4.92. The number of benzene rings is 1. The van der Waals surface area contributed by atoms with E-state index in [0.717, 1.165) is 25.1 Å². The van der Waals surface area contributed by atoms with Gasteiger partial charge in [-0.15, -0.1) is 4.99 Å². The summed E-state index contributed by atoms with van der Waals surface area (Å²) in [4.78, 5) is 14.2. The van der Waals surface area contributed by atoms with Crippen LogP contribution >= 0.6 is 0 Å². The minimum Gasteiger partial charge on any atom is -0.305 e. The third-order valence-corrected chi connectivity index (χ3v) is 4.39. The summed E-state index contributed by atoms with van der Waals surface area (Å²) in [6.07, 6.45) is 8.47. The molecular weight excluding hydrogens is 290 g/mol. The second-order valence-electron chi connectivity index (χ2n) is 5.75. The predicted molar refractivity (Wildman–Crippen MR) is 89.8 cm³/mol. The molecule has 3 aliphatic rings. The standard InChI is InChI=1S/C18H19N3O2/c1-22-23-21-13-8-6-12(7-9-13)17-18-15(10-11-19-17)14-4-2-3-5-16(14)20-18/h2-4,6-9,17,19,21H,5,10-11H2,1H3. The highest BCUT2D eigenvalue weighted by Gasteiger charge is 2.32. The van der Waals surface area contributed by atoms with E-state index in [4.69, 9.17) is 9.98 Å². The van der Waals surface area contributed by atoms with E-state index in [9.17, 15) is 0 Å². The molecule has 0 saturated carbocycles. The number of allylic oxidation sites excluding steroid dienone is 4. The summed E-state index contributed by atoms with van der Waals surface area (Å²) in [7, 11) is 1.46. The van der Waals surface area contributed by atoms with E-state index in [0.29, 0.717) is 0 Å². The Kier molecular flexibility index (Phi) is 3.83. The number of hydrogen-bond donors (Lipinski definition) is 2. The van der Waals surface area contributed by atoms with Crippen LogP contribution in [0.3, 0.4) is 0 Å². The summed E-state index contributed by atoms with van der Waals surface area (Å²) in [5.41, 5.74) is 9.88. The maximum absolute atomic E-state index is 4.92. The number of nitrogens with one attached hydrogen (secondary N) is 2. The Labute approximate surface area is 135 Å². The Balaban J connectivity index is 1.62. The van der Waals surface area contributed by atoms with Crippen LogP contribution in [0.4, 0.5) is 5.69 Å². The smallest absolute Gasteiger partial charge is 0.0754 e. The molecule has 0 amide bonds. The van der Waals surface area contributed by atoms with E-state index < -0.39 is 0 Å². The van der Waals surface area contributed by atoms with Crippen molar-refractivity contribution in [1.29, 1.82) is 0 Å². The molecule has 0 bridgehead atoms. The Morgan fingerprint density at radius 3 is 2.96 bits per heavy atom. The lowest BCUT2D eigenvalue weighted by atomic mass is 9.89. The van der Waals surface area contributed by atoms with Gasteiger partial charge in [-0.05, 0) is 29.7 Å². The van der Waals surface area contributed by atoms with Crippen molar-refractivity contribution in [3.8, 4) is 0 Å². The molecule has 23 heavy (non-hydrogen) atoms. The molecule has 5 heteroatoms. The maximum Gasteiger partial charge on any atom is 0.0754 e. The van der Waals surface area contributed by atoms with Crippen molar-refractivity contribution in [2.75, 3.05) is 19.1 Å². The number of fused-ring (bicyclic) bond motifs is 2. The first-order chi connectivity index (χ1) is 11.4. The van der Waals surface area contributed by atoms with Crippen LogP contribution in [0.15, 0.2) is 64.3 Å². The minimum absolute atomic E-state index is 0.148. The molecule has 2 aliphatic heterocycles. The Morgan fingerprint density at radius 1 is 1.26 bits per heavy atom. The molecule has 0 aromatic heterocycles. The van der Waals surface area contributed by atoms with Crippen LogP contribution in [0, 0.1) is 0 Å². The zero-order chi connectivity index (χ0) is 15.6. The number of hydrogen-bond acceptors (Lipinski definition) is 5. The van der Waals surface area contributed by atoms with Gasteiger partial charge in [0.25, 0.3) is 0 Å². The first-order valence-corrected chi connectivity index (χ1v) is 7.84. The van der Waals surface area contributed by atoms with Crippen LogP contribution in [-0.4, -0.2) is 19.4 Å².